The average Bonchev–Trinajstić information content (AvgIpc) is 2.60. The summed E-state index contributed by atoms with van der Waals surface area (Å²) in [6, 6.07) is 5.03. The molecule has 1 N–H and O–H groups in total. The highest BCUT2D eigenvalue weighted by Crippen LogP contribution is 2.23. The van der Waals surface area contributed by atoms with Crippen molar-refractivity contribution in [1.82, 2.24) is 0 Å². The van der Waals surface area contributed by atoms with E-state index < -0.39 is 39.2 Å². The van der Waals surface area contributed by atoms with Crippen molar-refractivity contribution in [2.45, 2.75) is 76.4 Å². The number of carbonyl (C=O) groups is 2. The van der Waals surface area contributed by atoms with E-state index in [1.54, 1.807) is 0 Å². The molecule has 0 bridgehead atoms. The number of ether oxygens (including phenoxy) is 3. The lowest BCUT2D eigenvalue weighted by molar-refractivity contribution is -0.166. The number of hydrogen-bond donors (Lipinski definition) is 1. The van der Waals surface area contributed by atoms with E-state index >= 15 is 0 Å². The summed E-state index contributed by atoms with van der Waals surface area (Å²) < 4.78 is 46.2. The number of carbonyl (C=O) groups excluding carboxylic acids is 2. The fourth-order valence-electron chi connectivity index (χ4n) is 2.49. The van der Waals surface area contributed by atoms with Crippen LogP contribution in [0.2, 0.25) is 0 Å². The highest BCUT2D eigenvalue weighted by Gasteiger charge is 2.21. The summed E-state index contributed by atoms with van der Waals surface area (Å²) >= 11 is 0. The second kappa shape index (κ2) is 12.4. The molecule has 8 nitrogen and oxygen atoms in total. The number of benzene rings is 1. The Labute approximate surface area is 165 Å². The molecule has 0 amide bonds. The Bertz CT molecular complexity index is 729. The number of unbranched alkanes of at least 4 members (excludes halogenated alkanes) is 6. The Balaban J connectivity index is 2.34. The van der Waals surface area contributed by atoms with Crippen molar-refractivity contribution in [3.63, 3.8) is 0 Å². The van der Waals surface area contributed by atoms with Crippen LogP contribution in [0.5, 0.6) is 5.75 Å². The maximum atomic E-state index is 11.8. The predicted molar refractivity (Wildman–Crippen MR) is 102 cm³/mol. The van der Waals surface area contributed by atoms with Crippen LogP contribution in [0.4, 0.5) is 4.79 Å². The Morgan fingerprint density at radius 3 is 2.25 bits per heavy atom. The van der Waals surface area contributed by atoms with Gasteiger partial charge in [0.15, 0.2) is 5.75 Å². The molecule has 1 aromatic rings. The second-order valence-electron chi connectivity index (χ2n) is 6.32. The molecule has 0 saturated carbocycles. The molecule has 0 spiro atoms. The molecular weight excluding hydrogens is 388 g/mol. The minimum atomic E-state index is -4.57. The summed E-state index contributed by atoms with van der Waals surface area (Å²) in [4.78, 5) is 22.9. The first-order valence-corrected chi connectivity index (χ1v) is 10.8. The van der Waals surface area contributed by atoms with Gasteiger partial charge in [-0.05, 0) is 18.6 Å². The molecule has 0 aromatic heterocycles. The molecule has 1 aromatic carbocycles. The molecule has 0 fully saturated rings. The summed E-state index contributed by atoms with van der Waals surface area (Å²) in [6.07, 6.45) is 5.24. The summed E-state index contributed by atoms with van der Waals surface area (Å²) in [5, 5.41) is 0. The zero-order chi connectivity index (χ0) is 21.0. The SMILES string of the molecule is CCCCCCCCCC(=O)OC(C)OC(=O)Oc1ccccc1S(=O)(=O)O. The van der Waals surface area contributed by atoms with Crippen molar-refractivity contribution >= 4 is 22.2 Å². The summed E-state index contributed by atoms with van der Waals surface area (Å²) in [5.41, 5.74) is 0. The third kappa shape index (κ3) is 9.70. The maximum absolute atomic E-state index is 11.8. The largest absolute Gasteiger partial charge is 0.516 e. The first-order chi connectivity index (χ1) is 13.2. The Morgan fingerprint density at radius 1 is 1.00 bits per heavy atom. The highest BCUT2D eigenvalue weighted by molar-refractivity contribution is 7.86. The van der Waals surface area contributed by atoms with Gasteiger partial charge in [0.2, 0.25) is 6.29 Å². The van der Waals surface area contributed by atoms with Crippen LogP contribution in [0, 0.1) is 0 Å². The maximum Gasteiger partial charge on any atom is 0.516 e. The fourth-order valence-corrected chi connectivity index (χ4v) is 3.11. The van der Waals surface area contributed by atoms with Gasteiger partial charge in [-0.15, -0.1) is 0 Å². The van der Waals surface area contributed by atoms with Crippen LogP contribution in [-0.4, -0.2) is 31.4 Å². The topological polar surface area (TPSA) is 116 Å². The Kier molecular flexibility index (Phi) is 10.5. The average molecular weight is 416 g/mol. The fraction of sp³-hybridized carbons (Fsp3) is 0.579. The molecule has 28 heavy (non-hydrogen) atoms. The molecule has 158 valence electrons. The highest BCUT2D eigenvalue weighted by atomic mass is 32.2. The van der Waals surface area contributed by atoms with E-state index in [-0.39, 0.29) is 6.42 Å². The molecule has 0 radical (unpaired) electrons. The molecule has 1 unspecified atom stereocenters. The van der Waals surface area contributed by atoms with E-state index in [4.69, 9.17) is 18.8 Å². The van der Waals surface area contributed by atoms with Crippen molar-refractivity contribution in [3.8, 4) is 5.75 Å². The molecule has 9 heteroatoms. The Hall–Kier alpha value is -2.13. The number of para-hydroxylation sites is 1. The van der Waals surface area contributed by atoms with Crippen LogP contribution in [0.15, 0.2) is 29.2 Å². The van der Waals surface area contributed by atoms with Crippen LogP contribution in [0.3, 0.4) is 0 Å². The molecule has 0 aliphatic carbocycles. The monoisotopic (exact) mass is 416 g/mol. The van der Waals surface area contributed by atoms with Gasteiger partial charge in [-0.25, -0.2) is 4.79 Å². The zero-order valence-corrected chi connectivity index (χ0v) is 17.1. The summed E-state index contributed by atoms with van der Waals surface area (Å²) in [5.74, 6) is -0.885. The van der Waals surface area contributed by atoms with E-state index in [9.17, 15) is 18.0 Å². The van der Waals surface area contributed by atoms with Gasteiger partial charge in [-0.1, -0.05) is 57.6 Å². The van der Waals surface area contributed by atoms with Crippen molar-refractivity contribution in [1.29, 1.82) is 0 Å². The van der Waals surface area contributed by atoms with Crippen LogP contribution in [0.1, 0.15) is 65.2 Å². The molecule has 0 heterocycles. The van der Waals surface area contributed by atoms with Crippen molar-refractivity contribution in [2.24, 2.45) is 0 Å². The molecule has 0 aliphatic rings. The smallest absolute Gasteiger partial charge is 0.425 e. The first kappa shape index (κ1) is 23.9. The van der Waals surface area contributed by atoms with Crippen molar-refractivity contribution < 1.29 is 36.8 Å². The van der Waals surface area contributed by atoms with Gasteiger partial charge in [0, 0.05) is 13.3 Å². The van der Waals surface area contributed by atoms with Crippen LogP contribution in [0.25, 0.3) is 0 Å². The zero-order valence-electron chi connectivity index (χ0n) is 16.3. The molecule has 0 saturated heterocycles. The van der Waals surface area contributed by atoms with Gasteiger partial charge in [0.1, 0.15) is 4.90 Å². The Morgan fingerprint density at radius 2 is 1.61 bits per heavy atom. The van der Waals surface area contributed by atoms with E-state index in [2.05, 4.69) is 6.92 Å². The second-order valence-corrected chi connectivity index (χ2v) is 7.71. The molecule has 0 aliphatic heterocycles. The third-order valence-corrected chi connectivity index (χ3v) is 4.76. The van der Waals surface area contributed by atoms with Crippen molar-refractivity contribution in [2.75, 3.05) is 0 Å². The van der Waals surface area contributed by atoms with Crippen LogP contribution >= 0.6 is 0 Å². The molecule has 1 atom stereocenters. The summed E-state index contributed by atoms with van der Waals surface area (Å²) in [7, 11) is -4.57. The molecular formula is C19H28O8S. The van der Waals surface area contributed by atoms with Gasteiger partial charge in [0.05, 0.1) is 0 Å². The van der Waals surface area contributed by atoms with Gasteiger partial charge in [-0.3, -0.25) is 9.35 Å². The predicted octanol–water partition coefficient (Wildman–Crippen LogP) is 4.48. The summed E-state index contributed by atoms with van der Waals surface area (Å²) in [6.45, 7) is 3.50. The number of rotatable bonds is 12. The van der Waals surface area contributed by atoms with E-state index in [1.165, 1.54) is 44.4 Å². The normalized spacial score (nSPS) is 12.2. The van der Waals surface area contributed by atoms with Crippen molar-refractivity contribution in [3.05, 3.63) is 24.3 Å². The van der Waals surface area contributed by atoms with E-state index in [1.807, 2.05) is 0 Å². The van der Waals surface area contributed by atoms with Gasteiger partial charge in [0.25, 0.3) is 10.1 Å². The third-order valence-electron chi connectivity index (χ3n) is 3.86. The first-order valence-electron chi connectivity index (χ1n) is 9.38. The molecule has 1 rings (SSSR count). The van der Waals surface area contributed by atoms with Gasteiger partial charge in [-0.2, -0.15) is 8.42 Å². The van der Waals surface area contributed by atoms with Crippen LogP contribution in [-0.2, 0) is 24.4 Å². The van der Waals surface area contributed by atoms with E-state index in [0.717, 1.165) is 25.3 Å². The lowest BCUT2D eigenvalue weighted by atomic mass is 10.1. The lowest BCUT2D eigenvalue weighted by Crippen LogP contribution is -2.24. The minimum Gasteiger partial charge on any atom is -0.425 e. The number of esters is 1. The van der Waals surface area contributed by atoms with Gasteiger partial charge < -0.3 is 14.2 Å². The quantitative estimate of drug-likeness (QED) is 0.174. The van der Waals surface area contributed by atoms with Crippen LogP contribution < -0.4 is 4.74 Å². The lowest BCUT2D eigenvalue weighted by Gasteiger charge is -2.14. The van der Waals surface area contributed by atoms with Gasteiger partial charge >= 0.3 is 12.1 Å². The number of hydrogen-bond acceptors (Lipinski definition) is 7. The van der Waals surface area contributed by atoms with E-state index in [0.29, 0.717) is 6.42 Å². The standard InChI is InChI=1S/C19H28O8S/c1-3-4-5-6-7-8-9-14-18(20)25-15(2)26-19(21)27-16-12-10-11-13-17(16)28(22,23)24/h10-13,15H,3-9,14H2,1-2H3,(H,22,23,24). The minimum absolute atomic E-state index is 0.224.